The van der Waals surface area contributed by atoms with E-state index in [-0.39, 0.29) is 13.2 Å². The zero-order valence-electron chi connectivity index (χ0n) is 10.0. The summed E-state index contributed by atoms with van der Waals surface area (Å²) in [5, 5.41) is 22.2. The average molecular weight is 260 g/mol. The van der Waals surface area contributed by atoms with Crippen LogP contribution in [0.1, 0.15) is 13.8 Å². The molecule has 0 radical (unpaired) electrons. The molecule has 0 amide bonds. The Hall–Kier alpha value is -1.76. The quantitative estimate of drug-likeness (QED) is 0.629. The van der Waals surface area contributed by atoms with Gasteiger partial charge in [0.2, 0.25) is 0 Å². The Labute approximate surface area is 103 Å². The molecule has 100 valence electrons. The van der Waals surface area contributed by atoms with Crippen LogP contribution in [0.2, 0.25) is 0 Å². The highest BCUT2D eigenvalue weighted by molar-refractivity contribution is 5.62. The summed E-state index contributed by atoms with van der Waals surface area (Å²) < 4.78 is 26.5. The Morgan fingerprint density at radius 2 is 2.06 bits per heavy atom. The van der Waals surface area contributed by atoms with Crippen LogP contribution in [0.25, 0.3) is 0 Å². The van der Waals surface area contributed by atoms with Crippen LogP contribution in [-0.2, 0) is 0 Å². The highest BCUT2D eigenvalue weighted by Crippen LogP contribution is 2.30. The molecule has 0 fully saturated rings. The van der Waals surface area contributed by atoms with E-state index in [1.807, 2.05) is 0 Å². The van der Waals surface area contributed by atoms with Crippen molar-refractivity contribution >= 4 is 11.4 Å². The molecule has 0 heterocycles. The summed E-state index contributed by atoms with van der Waals surface area (Å²) in [4.78, 5) is 9.91. The number of nitrogens with one attached hydrogen (secondary N) is 1. The van der Waals surface area contributed by atoms with E-state index < -0.39 is 33.3 Å². The number of aliphatic hydroxyl groups is 1. The number of hydrogen-bond acceptors (Lipinski definition) is 4. The van der Waals surface area contributed by atoms with Gasteiger partial charge in [0.15, 0.2) is 17.3 Å². The van der Waals surface area contributed by atoms with Crippen LogP contribution in [0.4, 0.5) is 20.2 Å². The van der Waals surface area contributed by atoms with E-state index in [2.05, 4.69) is 5.32 Å². The summed E-state index contributed by atoms with van der Waals surface area (Å²) in [5.74, 6) is -2.46. The van der Waals surface area contributed by atoms with Crippen LogP contribution in [0.15, 0.2) is 12.1 Å². The van der Waals surface area contributed by atoms with Crippen LogP contribution in [0.5, 0.6) is 0 Å². The highest BCUT2D eigenvalue weighted by atomic mass is 19.2. The maximum atomic E-state index is 13.5. The molecule has 0 atom stereocenters. The number of nitro groups is 1. The van der Waals surface area contributed by atoms with Gasteiger partial charge in [-0.15, -0.1) is 0 Å². The lowest BCUT2D eigenvalue weighted by Crippen LogP contribution is -2.27. The van der Waals surface area contributed by atoms with Crippen molar-refractivity contribution in [2.75, 3.05) is 18.5 Å². The fourth-order valence-corrected chi connectivity index (χ4v) is 1.24. The Balaban J connectivity index is 3.06. The van der Waals surface area contributed by atoms with Crippen LogP contribution >= 0.6 is 0 Å². The van der Waals surface area contributed by atoms with Gasteiger partial charge in [0.1, 0.15) is 0 Å². The third kappa shape index (κ3) is 3.13. The van der Waals surface area contributed by atoms with Crippen molar-refractivity contribution in [2.24, 2.45) is 5.41 Å². The lowest BCUT2D eigenvalue weighted by Gasteiger charge is -2.22. The fraction of sp³-hybridized carbons (Fsp3) is 0.455. The number of anilines is 1. The second-order valence-electron chi connectivity index (χ2n) is 4.69. The molecule has 0 aliphatic rings. The van der Waals surface area contributed by atoms with Gasteiger partial charge in [0.25, 0.3) is 5.69 Å². The largest absolute Gasteiger partial charge is 0.396 e. The third-order valence-electron chi connectivity index (χ3n) is 2.44. The molecule has 0 saturated carbocycles. The van der Waals surface area contributed by atoms with E-state index in [4.69, 9.17) is 5.11 Å². The summed E-state index contributed by atoms with van der Waals surface area (Å²) in [6.45, 7) is 3.25. The standard InChI is InChI=1S/C11H14F2N2O3/c1-11(2,6-16)5-14-10-8(15(17)18)4-3-7(12)9(10)13/h3-4,14,16H,5-6H2,1-2H3. The minimum absolute atomic E-state index is 0.0741. The first-order valence-electron chi connectivity index (χ1n) is 5.25. The second-order valence-corrected chi connectivity index (χ2v) is 4.69. The zero-order chi connectivity index (χ0) is 13.9. The molecule has 1 rings (SSSR count). The molecule has 2 N–H and O–H groups in total. The van der Waals surface area contributed by atoms with Gasteiger partial charge in [-0.05, 0) is 6.07 Å². The van der Waals surface area contributed by atoms with E-state index in [1.54, 1.807) is 13.8 Å². The zero-order valence-corrected chi connectivity index (χ0v) is 10.0. The first-order chi connectivity index (χ1) is 8.28. The average Bonchev–Trinajstić information content (AvgIpc) is 2.30. The number of rotatable bonds is 5. The van der Waals surface area contributed by atoms with Crippen LogP contribution in [0, 0.1) is 27.2 Å². The first-order valence-corrected chi connectivity index (χ1v) is 5.25. The Kier molecular flexibility index (Phi) is 4.18. The maximum absolute atomic E-state index is 13.5. The predicted molar refractivity (Wildman–Crippen MR) is 62.4 cm³/mol. The van der Waals surface area contributed by atoms with Crippen molar-refractivity contribution in [1.82, 2.24) is 0 Å². The summed E-state index contributed by atoms with van der Waals surface area (Å²) in [5.41, 5.74) is -1.64. The van der Waals surface area contributed by atoms with Crippen molar-refractivity contribution in [1.29, 1.82) is 0 Å². The Morgan fingerprint density at radius 1 is 1.44 bits per heavy atom. The third-order valence-corrected chi connectivity index (χ3v) is 2.44. The molecule has 0 aliphatic carbocycles. The Morgan fingerprint density at radius 3 is 2.56 bits per heavy atom. The molecule has 7 heteroatoms. The number of aliphatic hydroxyl groups excluding tert-OH is 1. The second kappa shape index (κ2) is 5.26. The van der Waals surface area contributed by atoms with Crippen molar-refractivity contribution in [3.05, 3.63) is 33.9 Å². The van der Waals surface area contributed by atoms with Gasteiger partial charge >= 0.3 is 0 Å². The van der Waals surface area contributed by atoms with E-state index in [9.17, 15) is 18.9 Å². The lowest BCUT2D eigenvalue weighted by molar-refractivity contribution is -0.384. The summed E-state index contributed by atoms with van der Waals surface area (Å²) in [6, 6.07) is 1.60. The highest BCUT2D eigenvalue weighted by Gasteiger charge is 2.24. The number of benzene rings is 1. The molecule has 1 aromatic carbocycles. The molecular formula is C11H14F2N2O3. The number of nitrogens with zero attached hydrogens (tertiary/aromatic N) is 1. The molecule has 18 heavy (non-hydrogen) atoms. The molecule has 0 aliphatic heterocycles. The van der Waals surface area contributed by atoms with Gasteiger partial charge in [-0.2, -0.15) is 0 Å². The minimum atomic E-state index is -1.29. The van der Waals surface area contributed by atoms with Crippen LogP contribution in [-0.4, -0.2) is 23.2 Å². The molecule has 0 spiro atoms. The van der Waals surface area contributed by atoms with Gasteiger partial charge in [0, 0.05) is 24.6 Å². The molecular weight excluding hydrogens is 246 g/mol. The number of halogens is 2. The van der Waals surface area contributed by atoms with Gasteiger partial charge in [-0.3, -0.25) is 10.1 Å². The van der Waals surface area contributed by atoms with E-state index in [0.29, 0.717) is 6.07 Å². The summed E-state index contributed by atoms with van der Waals surface area (Å²) >= 11 is 0. The number of nitro benzene ring substituents is 1. The lowest BCUT2D eigenvalue weighted by atomic mass is 9.95. The van der Waals surface area contributed by atoms with E-state index in [0.717, 1.165) is 6.07 Å². The minimum Gasteiger partial charge on any atom is -0.396 e. The van der Waals surface area contributed by atoms with Crippen molar-refractivity contribution in [3.63, 3.8) is 0 Å². The number of hydrogen-bond donors (Lipinski definition) is 2. The monoisotopic (exact) mass is 260 g/mol. The van der Waals surface area contributed by atoms with Gasteiger partial charge in [0.05, 0.1) is 4.92 Å². The van der Waals surface area contributed by atoms with Crippen LogP contribution < -0.4 is 5.32 Å². The molecule has 5 nitrogen and oxygen atoms in total. The molecule has 0 aromatic heterocycles. The van der Waals surface area contributed by atoms with Gasteiger partial charge in [-0.25, -0.2) is 8.78 Å². The molecule has 0 unspecified atom stereocenters. The maximum Gasteiger partial charge on any atom is 0.295 e. The normalized spacial score (nSPS) is 11.4. The Bertz CT molecular complexity index is 464. The topological polar surface area (TPSA) is 75.4 Å². The van der Waals surface area contributed by atoms with Crippen molar-refractivity contribution in [3.8, 4) is 0 Å². The predicted octanol–water partition coefficient (Wildman–Crippen LogP) is 2.30. The van der Waals surface area contributed by atoms with E-state index in [1.165, 1.54) is 0 Å². The summed E-state index contributed by atoms with van der Waals surface area (Å²) in [6.07, 6.45) is 0. The molecule has 0 saturated heterocycles. The summed E-state index contributed by atoms with van der Waals surface area (Å²) in [7, 11) is 0. The SMILES string of the molecule is CC(C)(CO)CNc1c([N+](=O)[O-])ccc(F)c1F. The van der Waals surface area contributed by atoms with Crippen molar-refractivity contribution in [2.45, 2.75) is 13.8 Å². The van der Waals surface area contributed by atoms with Crippen molar-refractivity contribution < 1.29 is 18.8 Å². The molecule has 1 aromatic rings. The van der Waals surface area contributed by atoms with Gasteiger partial charge in [-0.1, -0.05) is 13.8 Å². The first kappa shape index (κ1) is 14.3. The van der Waals surface area contributed by atoms with E-state index >= 15 is 0 Å². The molecule has 0 bridgehead atoms. The fourth-order valence-electron chi connectivity index (χ4n) is 1.24. The smallest absolute Gasteiger partial charge is 0.295 e. The van der Waals surface area contributed by atoms with Crippen LogP contribution in [0.3, 0.4) is 0 Å². The van der Waals surface area contributed by atoms with Gasteiger partial charge < -0.3 is 10.4 Å².